The lowest BCUT2D eigenvalue weighted by Crippen LogP contribution is -2.26. The van der Waals surface area contributed by atoms with E-state index in [9.17, 15) is 4.79 Å². The molecule has 0 aromatic rings. The third-order valence-electron chi connectivity index (χ3n) is 2.30. The number of rotatable bonds is 7. The normalized spacial score (nSPS) is 13.2. The number of hydrogen-bond acceptors (Lipinski definition) is 4. The van der Waals surface area contributed by atoms with Crippen molar-refractivity contribution >= 4 is 17.7 Å². The Hall–Kier alpha value is -0.640. The minimum Gasteiger partial charge on any atom is -0.457 e. The fraction of sp³-hybridized carbons (Fsp3) is 0.786. The number of nitrogens with two attached hydrogens (primary N) is 1. The first kappa shape index (κ1) is 17.4. The van der Waals surface area contributed by atoms with Crippen LogP contribution in [0.3, 0.4) is 0 Å². The summed E-state index contributed by atoms with van der Waals surface area (Å²) in [6.45, 7) is 9.69. The van der Waals surface area contributed by atoms with Crippen LogP contribution in [0, 0.1) is 0 Å². The lowest BCUT2D eigenvalue weighted by atomic mass is 10.1. The van der Waals surface area contributed by atoms with Crippen LogP contribution in [-0.2, 0) is 9.53 Å². The Morgan fingerprint density at radius 2 is 1.83 bits per heavy atom. The molecule has 0 rings (SSSR count). The van der Waals surface area contributed by atoms with Gasteiger partial charge in [0.25, 0.3) is 0 Å². The number of ether oxygens (including phenoxy) is 1. The Labute approximate surface area is 116 Å². The summed E-state index contributed by atoms with van der Waals surface area (Å²) < 4.78 is 5.35. The third kappa shape index (κ3) is 7.64. The van der Waals surface area contributed by atoms with Gasteiger partial charge in [0.2, 0.25) is 0 Å². The summed E-state index contributed by atoms with van der Waals surface area (Å²) in [6.07, 6.45) is 4.14. The van der Waals surface area contributed by atoms with Crippen LogP contribution < -0.4 is 5.73 Å². The van der Waals surface area contributed by atoms with Crippen LogP contribution in [0.4, 0.5) is 0 Å². The number of thioether (sulfide) groups is 1. The van der Waals surface area contributed by atoms with E-state index in [2.05, 4.69) is 6.92 Å². The van der Waals surface area contributed by atoms with Crippen molar-refractivity contribution < 1.29 is 9.53 Å². The monoisotopic (exact) mass is 273 g/mol. The molecule has 0 aromatic heterocycles. The largest absolute Gasteiger partial charge is 0.457 e. The second-order valence-corrected chi connectivity index (χ2v) is 6.39. The van der Waals surface area contributed by atoms with Crippen LogP contribution in [0.1, 0.15) is 60.3 Å². The van der Waals surface area contributed by atoms with Crippen molar-refractivity contribution in [3.8, 4) is 0 Å². The molecule has 0 aromatic carbocycles. The van der Waals surface area contributed by atoms with E-state index in [1.54, 1.807) is 11.8 Å². The molecule has 0 unspecified atom stereocenters. The van der Waals surface area contributed by atoms with Gasteiger partial charge in [-0.15, -0.1) is 11.8 Å². The first-order chi connectivity index (χ1) is 8.31. The Morgan fingerprint density at radius 1 is 1.22 bits per heavy atom. The Morgan fingerprint density at radius 3 is 2.28 bits per heavy atom. The summed E-state index contributed by atoms with van der Waals surface area (Å²) in [5.74, 6) is 0.678. The van der Waals surface area contributed by atoms with E-state index in [4.69, 9.17) is 10.5 Å². The maximum Gasteiger partial charge on any atom is 0.337 e. The molecule has 0 saturated heterocycles. The van der Waals surface area contributed by atoms with Gasteiger partial charge in [-0.3, -0.25) is 0 Å². The van der Waals surface area contributed by atoms with Gasteiger partial charge >= 0.3 is 5.97 Å². The van der Waals surface area contributed by atoms with Gasteiger partial charge in [0, 0.05) is 0 Å². The molecule has 0 fully saturated rings. The molecule has 0 aliphatic carbocycles. The standard InChI is InChI=1S/C14H27NO2S/c1-6-8-9-10-18-12(15)11(7-2)13(16)17-14(3,4)5/h6-10,15H2,1-5H3/b12-11+. The molecule has 0 saturated carbocycles. The zero-order valence-corrected chi connectivity index (χ0v) is 13.2. The van der Waals surface area contributed by atoms with Crippen molar-refractivity contribution in [3.63, 3.8) is 0 Å². The van der Waals surface area contributed by atoms with Crippen molar-refractivity contribution in [1.82, 2.24) is 0 Å². The highest BCUT2D eigenvalue weighted by molar-refractivity contribution is 8.03. The van der Waals surface area contributed by atoms with Crippen LogP contribution in [0.15, 0.2) is 10.6 Å². The highest BCUT2D eigenvalue weighted by atomic mass is 32.2. The van der Waals surface area contributed by atoms with Crippen molar-refractivity contribution in [3.05, 3.63) is 10.6 Å². The minimum atomic E-state index is -0.468. The van der Waals surface area contributed by atoms with Gasteiger partial charge in [-0.05, 0) is 39.4 Å². The van der Waals surface area contributed by atoms with E-state index >= 15 is 0 Å². The predicted octanol–water partition coefficient (Wildman–Crippen LogP) is 3.83. The fourth-order valence-electron chi connectivity index (χ4n) is 1.38. The van der Waals surface area contributed by atoms with Gasteiger partial charge in [-0.2, -0.15) is 0 Å². The number of carbonyl (C=O) groups excluding carboxylic acids is 1. The highest BCUT2D eigenvalue weighted by Crippen LogP contribution is 2.21. The summed E-state index contributed by atoms with van der Waals surface area (Å²) in [4.78, 5) is 11.9. The SMILES string of the molecule is CCCCCS/C(N)=C(\CC)C(=O)OC(C)(C)C. The van der Waals surface area contributed by atoms with Crippen LogP contribution in [0.2, 0.25) is 0 Å². The summed E-state index contributed by atoms with van der Waals surface area (Å²) in [5, 5.41) is 0.614. The predicted molar refractivity (Wildman–Crippen MR) is 79.3 cm³/mol. The van der Waals surface area contributed by atoms with E-state index in [1.165, 1.54) is 12.8 Å². The van der Waals surface area contributed by atoms with Crippen molar-refractivity contribution in [2.45, 2.75) is 65.9 Å². The molecule has 106 valence electrons. The van der Waals surface area contributed by atoms with Crippen LogP contribution in [0.25, 0.3) is 0 Å². The first-order valence-electron chi connectivity index (χ1n) is 6.66. The zero-order chi connectivity index (χ0) is 14.2. The number of esters is 1. The lowest BCUT2D eigenvalue weighted by Gasteiger charge is -2.21. The van der Waals surface area contributed by atoms with Crippen LogP contribution in [-0.4, -0.2) is 17.3 Å². The molecule has 18 heavy (non-hydrogen) atoms. The maximum absolute atomic E-state index is 11.9. The van der Waals surface area contributed by atoms with Gasteiger partial charge < -0.3 is 10.5 Å². The molecule has 0 atom stereocenters. The van der Waals surface area contributed by atoms with Gasteiger partial charge in [-0.25, -0.2) is 4.79 Å². The Balaban J connectivity index is 4.47. The molecule has 3 nitrogen and oxygen atoms in total. The average Bonchev–Trinajstić information content (AvgIpc) is 2.23. The van der Waals surface area contributed by atoms with Gasteiger partial charge in [0.05, 0.1) is 10.6 Å². The summed E-state index contributed by atoms with van der Waals surface area (Å²) >= 11 is 1.56. The number of hydrogen-bond donors (Lipinski definition) is 1. The topological polar surface area (TPSA) is 52.3 Å². The molecule has 0 radical (unpaired) electrons. The zero-order valence-electron chi connectivity index (χ0n) is 12.3. The quantitative estimate of drug-likeness (QED) is 0.435. The Kier molecular flexibility index (Phi) is 8.16. The van der Waals surface area contributed by atoms with Gasteiger partial charge in [0.15, 0.2) is 0 Å². The molecule has 0 aliphatic rings. The van der Waals surface area contributed by atoms with Gasteiger partial charge in [-0.1, -0.05) is 26.7 Å². The first-order valence-corrected chi connectivity index (χ1v) is 7.65. The second-order valence-electron chi connectivity index (χ2n) is 5.25. The Bertz CT molecular complexity index is 293. The molecule has 2 N–H and O–H groups in total. The molecular formula is C14H27NO2S. The van der Waals surface area contributed by atoms with Crippen LogP contribution >= 0.6 is 11.8 Å². The molecule has 0 amide bonds. The highest BCUT2D eigenvalue weighted by Gasteiger charge is 2.20. The average molecular weight is 273 g/mol. The van der Waals surface area contributed by atoms with E-state index < -0.39 is 5.60 Å². The third-order valence-corrected chi connectivity index (χ3v) is 3.35. The molecule has 0 heterocycles. The molecule has 0 spiro atoms. The summed E-state index contributed by atoms with van der Waals surface area (Å²) in [5.41, 5.74) is 6.11. The van der Waals surface area contributed by atoms with E-state index in [0.717, 1.165) is 12.2 Å². The fourth-order valence-corrected chi connectivity index (χ4v) is 2.35. The van der Waals surface area contributed by atoms with Crippen molar-refractivity contribution in [2.24, 2.45) is 5.73 Å². The lowest BCUT2D eigenvalue weighted by molar-refractivity contribution is -0.150. The van der Waals surface area contributed by atoms with E-state index in [-0.39, 0.29) is 5.97 Å². The van der Waals surface area contributed by atoms with Gasteiger partial charge in [0.1, 0.15) is 5.60 Å². The van der Waals surface area contributed by atoms with E-state index in [1.807, 2.05) is 27.7 Å². The maximum atomic E-state index is 11.9. The second kappa shape index (κ2) is 8.46. The molecule has 4 heteroatoms. The van der Waals surface area contributed by atoms with Crippen molar-refractivity contribution in [1.29, 1.82) is 0 Å². The number of carbonyl (C=O) groups is 1. The molecular weight excluding hydrogens is 246 g/mol. The summed E-state index contributed by atoms with van der Waals surface area (Å²) in [7, 11) is 0. The molecule has 0 aliphatic heterocycles. The minimum absolute atomic E-state index is 0.287. The van der Waals surface area contributed by atoms with E-state index in [0.29, 0.717) is 17.0 Å². The summed E-state index contributed by atoms with van der Waals surface area (Å²) in [6, 6.07) is 0. The van der Waals surface area contributed by atoms with Crippen LogP contribution in [0.5, 0.6) is 0 Å². The smallest absolute Gasteiger partial charge is 0.337 e. The molecule has 0 bridgehead atoms. The van der Waals surface area contributed by atoms with Crippen molar-refractivity contribution in [2.75, 3.05) is 5.75 Å². The number of unbranched alkanes of at least 4 members (excludes halogenated alkanes) is 2.